The van der Waals surface area contributed by atoms with Crippen molar-refractivity contribution in [2.24, 2.45) is 28.6 Å². The summed E-state index contributed by atoms with van der Waals surface area (Å²) in [6.45, 7) is 8.75. The molecule has 2 heteroatoms. The molecule has 0 heterocycles. The summed E-state index contributed by atoms with van der Waals surface area (Å²) in [5.74, 6) is 2.14. The average molecular weight is 296 g/mol. The molecule has 3 saturated carbocycles. The molecule has 0 bridgehead atoms. The number of hydrogen-bond donors (Lipinski definition) is 0. The summed E-state index contributed by atoms with van der Waals surface area (Å²) in [6.07, 6.45) is 10.5. The van der Waals surface area contributed by atoms with Crippen molar-refractivity contribution in [3.8, 4) is 0 Å². The molecule has 116 valence electrons. The van der Waals surface area contributed by atoms with Crippen LogP contribution in [0.4, 0.5) is 0 Å². The molecule has 4 aliphatic carbocycles. The van der Waals surface area contributed by atoms with Crippen LogP contribution >= 0.6 is 0 Å². The Labute approximate surface area is 132 Å². The summed E-state index contributed by atoms with van der Waals surface area (Å²) in [7, 11) is 0. The zero-order chi connectivity index (χ0) is 15.7. The summed E-state index contributed by atoms with van der Waals surface area (Å²) < 4.78 is 0. The van der Waals surface area contributed by atoms with E-state index in [-0.39, 0.29) is 16.6 Å². The first kappa shape index (κ1) is 14.2. The van der Waals surface area contributed by atoms with Crippen LogP contribution in [0.2, 0.25) is 0 Å². The predicted octanol–water partition coefficient (Wildman–Crippen LogP) is 4.03. The van der Waals surface area contributed by atoms with E-state index in [0.29, 0.717) is 23.5 Å². The third-order valence-electron chi connectivity index (χ3n) is 7.24. The molecule has 5 atom stereocenters. The van der Waals surface area contributed by atoms with Gasteiger partial charge >= 0.3 is 0 Å². The lowest BCUT2D eigenvalue weighted by atomic mass is 9.48. The lowest BCUT2D eigenvalue weighted by Crippen LogP contribution is -2.50. The highest BCUT2D eigenvalue weighted by atomic mass is 16.1. The van der Waals surface area contributed by atoms with Crippen molar-refractivity contribution in [2.75, 3.05) is 0 Å². The normalized spacial score (nSPS) is 46.9. The average Bonchev–Trinajstić information content (AvgIpc) is 2.77. The minimum atomic E-state index is -0.104. The number of carbonyl (C=O) groups is 2. The van der Waals surface area contributed by atoms with E-state index in [1.165, 1.54) is 0 Å². The fourth-order valence-electron chi connectivity index (χ4n) is 5.98. The van der Waals surface area contributed by atoms with E-state index in [1.807, 2.05) is 0 Å². The van der Waals surface area contributed by atoms with Crippen molar-refractivity contribution >= 4 is 11.6 Å². The number of Topliss-reactive ketones (excluding diaryl/α,β-unsaturated/α-hetero) is 1. The van der Waals surface area contributed by atoms with E-state index in [9.17, 15) is 9.59 Å². The summed E-state index contributed by atoms with van der Waals surface area (Å²) in [5.41, 5.74) is 2.09. The third-order valence-corrected chi connectivity index (χ3v) is 7.24. The largest absolute Gasteiger partial charge is 0.299 e. The van der Waals surface area contributed by atoms with Gasteiger partial charge in [-0.25, -0.2) is 0 Å². The Morgan fingerprint density at radius 3 is 2.73 bits per heavy atom. The fourth-order valence-corrected chi connectivity index (χ4v) is 5.98. The Morgan fingerprint density at radius 2 is 1.95 bits per heavy atom. The molecule has 0 N–H and O–H groups in total. The molecule has 4 rings (SSSR count). The molecule has 0 amide bonds. The number of ketones is 2. The maximum absolute atomic E-state index is 12.4. The van der Waals surface area contributed by atoms with Gasteiger partial charge in [-0.15, -0.1) is 0 Å². The van der Waals surface area contributed by atoms with Crippen molar-refractivity contribution in [1.82, 2.24) is 0 Å². The van der Waals surface area contributed by atoms with Crippen LogP contribution in [0.25, 0.3) is 0 Å². The molecule has 2 nitrogen and oxygen atoms in total. The van der Waals surface area contributed by atoms with Crippen molar-refractivity contribution in [3.05, 3.63) is 36.0 Å². The van der Waals surface area contributed by atoms with Crippen LogP contribution in [0.1, 0.15) is 46.0 Å². The first-order chi connectivity index (χ1) is 10.4. The summed E-state index contributed by atoms with van der Waals surface area (Å²) in [6, 6.07) is 0. The van der Waals surface area contributed by atoms with Crippen LogP contribution in [0.15, 0.2) is 36.0 Å². The number of rotatable bonds is 0. The van der Waals surface area contributed by atoms with E-state index < -0.39 is 0 Å². The number of allylic oxidation sites excluding steroid dienone is 5. The van der Waals surface area contributed by atoms with Crippen LogP contribution in [0, 0.1) is 28.6 Å². The van der Waals surface area contributed by atoms with Gasteiger partial charge in [0.15, 0.2) is 5.78 Å². The van der Waals surface area contributed by atoms with Gasteiger partial charge in [-0.3, -0.25) is 9.59 Å². The summed E-state index contributed by atoms with van der Waals surface area (Å²) >= 11 is 0. The van der Waals surface area contributed by atoms with E-state index in [1.54, 1.807) is 12.2 Å². The predicted molar refractivity (Wildman–Crippen MR) is 86.1 cm³/mol. The van der Waals surface area contributed by atoms with Gasteiger partial charge in [0.05, 0.1) is 0 Å². The van der Waals surface area contributed by atoms with Crippen LogP contribution in [0.5, 0.6) is 0 Å². The second-order valence-electron chi connectivity index (χ2n) is 8.18. The second kappa shape index (κ2) is 4.31. The Bertz CT molecular complexity index is 653. The first-order valence-electron chi connectivity index (χ1n) is 8.53. The molecular formula is C20H24O2. The van der Waals surface area contributed by atoms with Crippen LogP contribution in [0.3, 0.4) is 0 Å². The Hall–Kier alpha value is -1.44. The highest BCUT2D eigenvalue weighted by Gasteiger charge is 2.59. The third kappa shape index (κ3) is 1.61. The van der Waals surface area contributed by atoms with Crippen LogP contribution in [-0.2, 0) is 9.59 Å². The zero-order valence-corrected chi connectivity index (χ0v) is 13.5. The van der Waals surface area contributed by atoms with Gasteiger partial charge in [0.2, 0.25) is 0 Å². The first-order valence-corrected chi connectivity index (χ1v) is 8.53. The SMILES string of the molecule is C=C1C[C@H]2C3CCC(=O)[C@@]3(C)CC[C@@H]2[C@@]2(C)C=CC(=O)C=C12. The smallest absolute Gasteiger partial charge is 0.178 e. The van der Waals surface area contributed by atoms with Gasteiger partial charge in [0.1, 0.15) is 5.78 Å². The quantitative estimate of drug-likeness (QED) is 0.676. The monoisotopic (exact) mass is 296 g/mol. The highest BCUT2D eigenvalue weighted by molar-refractivity contribution is 6.02. The van der Waals surface area contributed by atoms with Crippen LogP contribution in [-0.4, -0.2) is 11.6 Å². The molecule has 0 aliphatic heterocycles. The van der Waals surface area contributed by atoms with Gasteiger partial charge in [-0.2, -0.15) is 0 Å². The molecule has 0 aromatic rings. The van der Waals surface area contributed by atoms with E-state index in [4.69, 9.17) is 0 Å². The molecule has 0 aromatic carbocycles. The highest BCUT2D eigenvalue weighted by Crippen LogP contribution is 2.64. The molecule has 0 saturated heterocycles. The molecular weight excluding hydrogens is 272 g/mol. The standard InChI is InChI=1S/C20H24O2/c1-12-10-14-15-4-5-18(22)20(15,3)9-7-16(14)19(2)8-6-13(21)11-17(12)19/h6,8,11,14-16H,1,4-5,7,9-10H2,2-3H3/t14-,15?,16-,19+,20-/m0/s1. The maximum Gasteiger partial charge on any atom is 0.178 e. The molecule has 0 spiro atoms. The number of fused-ring (bicyclic) bond motifs is 5. The second-order valence-corrected chi connectivity index (χ2v) is 8.18. The van der Waals surface area contributed by atoms with Crippen LogP contribution < -0.4 is 0 Å². The van der Waals surface area contributed by atoms with Crippen molar-refractivity contribution in [3.63, 3.8) is 0 Å². The lowest BCUT2D eigenvalue weighted by molar-refractivity contribution is -0.131. The molecule has 0 radical (unpaired) electrons. The minimum Gasteiger partial charge on any atom is -0.299 e. The lowest BCUT2D eigenvalue weighted by Gasteiger charge is -2.56. The van der Waals surface area contributed by atoms with E-state index in [2.05, 4.69) is 26.5 Å². The van der Waals surface area contributed by atoms with Gasteiger partial charge in [-0.1, -0.05) is 32.1 Å². The van der Waals surface area contributed by atoms with E-state index in [0.717, 1.165) is 43.3 Å². The summed E-state index contributed by atoms with van der Waals surface area (Å²) in [5, 5.41) is 0. The Balaban J connectivity index is 1.78. The van der Waals surface area contributed by atoms with Crippen molar-refractivity contribution in [1.29, 1.82) is 0 Å². The minimum absolute atomic E-state index is 0.0686. The Kier molecular flexibility index (Phi) is 2.77. The molecule has 3 fully saturated rings. The van der Waals surface area contributed by atoms with Gasteiger partial charge in [0.25, 0.3) is 0 Å². The zero-order valence-electron chi connectivity index (χ0n) is 13.5. The molecule has 0 aromatic heterocycles. The molecule has 22 heavy (non-hydrogen) atoms. The fraction of sp³-hybridized carbons (Fsp3) is 0.600. The maximum atomic E-state index is 12.4. The Morgan fingerprint density at radius 1 is 1.18 bits per heavy atom. The number of hydrogen-bond acceptors (Lipinski definition) is 2. The van der Waals surface area contributed by atoms with Crippen molar-refractivity contribution in [2.45, 2.75) is 46.0 Å². The van der Waals surface area contributed by atoms with Gasteiger partial charge in [0, 0.05) is 17.3 Å². The van der Waals surface area contributed by atoms with Gasteiger partial charge in [-0.05, 0) is 61.2 Å². The number of carbonyl (C=O) groups excluding carboxylic acids is 2. The van der Waals surface area contributed by atoms with Gasteiger partial charge < -0.3 is 0 Å². The van der Waals surface area contributed by atoms with Crippen molar-refractivity contribution < 1.29 is 9.59 Å². The molecule has 4 aliphatic rings. The summed E-state index contributed by atoms with van der Waals surface area (Å²) in [4.78, 5) is 24.2. The molecule has 1 unspecified atom stereocenters. The topological polar surface area (TPSA) is 34.1 Å². The van der Waals surface area contributed by atoms with E-state index >= 15 is 0 Å².